The molecule has 7 heteroatoms. The Kier molecular flexibility index (Phi) is 7.04. The van der Waals surface area contributed by atoms with Gasteiger partial charge in [-0.2, -0.15) is 0 Å². The Hall–Kier alpha value is -4.00. The number of carbonyl (C=O) groups excluding carboxylic acids is 2. The fourth-order valence-electron chi connectivity index (χ4n) is 5.00. The fourth-order valence-corrected chi connectivity index (χ4v) is 5.00. The van der Waals surface area contributed by atoms with Crippen molar-refractivity contribution in [1.29, 1.82) is 0 Å². The number of likely N-dealkylation sites (tertiary alicyclic amines) is 1. The summed E-state index contributed by atoms with van der Waals surface area (Å²) in [5.41, 5.74) is 2.16. The van der Waals surface area contributed by atoms with Gasteiger partial charge in [0.2, 0.25) is 0 Å². The minimum Gasteiger partial charge on any atom is -0.507 e. The Labute approximate surface area is 216 Å². The zero-order valence-electron chi connectivity index (χ0n) is 21.1. The molecule has 192 valence electrons. The van der Waals surface area contributed by atoms with Crippen molar-refractivity contribution in [1.82, 2.24) is 4.90 Å². The Morgan fingerprint density at radius 3 is 2.76 bits per heavy atom. The van der Waals surface area contributed by atoms with Gasteiger partial charge >= 0.3 is 0 Å². The number of hydrogen-bond donors (Lipinski definition) is 1. The molecule has 0 spiro atoms. The Bertz CT molecular complexity index is 1330. The number of rotatable bonds is 9. The van der Waals surface area contributed by atoms with Crippen molar-refractivity contribution in [3.8, 4) is 11.5 Å². The van der Waals surface area contributed by atoms with E-state index in [1.165, 1.54) is 11.2 Å². The van der Waals surface area contributed by atoms with Crippen LogP contribution in [0.4, 0.5) is 0 Å². The van der Waals surface area contributed by atoms with Crippen molar-refractivity contribution in [2.45, 2.75) is 58.2 Å². The summed E-state index contributed by atoms with van der Waals surface area (Å²) in [6.07, 6.45) is 5.40. The van der Waals surface area contributed by atoms with E-state index in [9.17, 15) is 14.7 Å². The zero-order valence-corrected chi connectivity index (χ0v) is 21.1. The first-order valence-corrected chi connectivity index (χ1v) is 12.8. The topological polar surface area (TPSA) is 89.2 Å². The number of carbonyl (C=O) groups is 2. The van der Waals surface area contributed by atoms with Crippen molar-refractivity contribution in [2.75, 3.05) is 6.61 Å². The number of benzene rings is 2. The standard InChI is InChI=1S/C30H31NO6/c1-3-4-5-13-35-23-9-6-8-20(17-23)27-26(29(33)30(34)31(27)18-24-10-7-14-36-24)28(32)21-11-12-25-22(16-21)15-19(2)37-25/h6-12,14,16-17,19,27,32H,3-5,13,15,18H2,1-2H3/b28-26-. The van der Waals surface area contributed by atoms with E-state index in [0.29, 0.717) is 35.7 Å². The van der Waals surface area contributed by atoms with Gasteiger partial charge in [-0.1, -0.05) is 31.9 Å². The molecule has 3 heterocycles. The molecule has 1 N–H and O–H groups in total. The lowest BCUT2D eigenvalue weighted by molar-refractivity contribution is -0.140. The Morgan fingerprint density at radius 1 is 1.11 bits per heavy atom. The molecule has 2 aliphatic heterocycles. The average Bonchev–Trinajstić information content (AvgIpc) is 3.60. The molecule has 1 aromatic heterocycles. The molecule has 2 unspecified atom stereocenters. The Morgan fingerprint density at radius 2 is 1.97 bits per heavy atom. The summed E-state index contributed by atoms with van der Waals surface area (Å²) in [4.78, 5) is 28.1. The molecule has 2 aliphatic rings. The van der Waals surface area contributed by atoms with Crippen LogP contribution < -0.4 is 9.47 Å². The second-order valence-electron chi connectivity index (χ2n) is 9.59. The molecule has 7 nitrogen and oxygen atoms in total. The predicted molar refractivity (Wildman–Crippen MR) is 138 cm³/mol. The summed E-state index contributed by atoms with van der Waals surface area (Å²) in [6.45, 7) is 4.80. The number of ketones is 1. The Balaban J connectivity index is 1.56. The van der Waals surface area contributed by atoms with Crippen LogP contribution in [0.25, 0.3) is 5.76 Å². The number of aliphatic hydroxyl groups excluding tert-OH is 1. The SMILES string of the molecule is CCCCCOc1cccc(C2/C(=C(/O)c3ccc4c(c3)CC(C)O4)C(=O)C(=O)N2Cc2ccco2)c1. The molecule has 1 fully saturated rings. The van der Waals surface area contributed by atoms with Crippen molar-refractivity contribution in [2.24, 2.45) is 0 Å². The van der Waals surface area contributed by atoms with E-state index in [4.69, 9.17) is 13.9 Å². The monoisotopic (exact) mass is 501 g/mol. The van der Waals surface area contributed by atoms with Crippen molar-refractivity contribution in [3.63, 3.8) is 0 Å². The van der Waals surface area contributed by atoms with Gasteiger partial charge in [0.15, 0.2) is 0 Å². The molecule has 5 rings (SSSR count). The van der Waals surface area contributed by atoms with E-state index in [2.05, 4.69) is 6.92 Å². The summed E-state index contributed by atoms with van der Waals surface area (Å²) in [5.74, 6) is 0.348. The quantitative estimate of drug-likeness (QED) is 0.173. The fraction of sp³-hybridized carbons (Fsp3) is 0.333. The van der Waals surface area contributed by atoms with Gasteiger partial charge in [-0.25, -0.2) is 0 Å². The molecule has 3 aromatic rings. The summed E-state index contributed by atoms with van der Waals surface area (Å²) in [5, 5.41) is 11.4. The van der Waals surface area contributed by atoms with Gasteiger partial charge in [0.05, 0.1) is 31.0 Å². The smallest absolute Gasteiger partial charge is 0.296 e. The molecule has 0 bridgehead atoms. The number of amides is 1. The lowest BCUT2D eigenvalue weighted by atomic mass is 9.94. The summed E-state index contributed by atoms with van der Waals surface area (Å²) >= 11 is 0. The van der Waals surface area contributed by atoms with Crippen LogP contribution in [-0.2, 0) is 22.6 Å². The molecule has 37 heavy (non-hydrogen) atoms. The molecule has 0 radical (unpaired) electrons. The highest BCUT2D eigenvalue weighted by Crippen LogP contribution is 2.42. The third-order valence-corrected chi connectivity index (χ3v) is 6.81. The average molecular weight is 502 g/mol. The number of ether oxygens (including phenoxy) is 2. The number of hydrogen-bond acceptors (Lipinski definition) is 6. The van der Waals surface area contributed by atoms with Crippen molar-refractivity contribution < 1.29 is 28.6 Å². The van der Waals surface area contributed by atoms with Crippen LogP contribution in [0.2, 0.25) is 0 Å². The van der Waals surface area contributed by atoms with Crippen LogP contribution in [0.15, 0.2) is 70.9 Å². The normalized spacial score (nSPS) is 20.2. The van der Waals surface area contributed by atoms with E-state index in [1.54, 1.807) is 24.3 Å². The molecule has 2 aromatic carbocycles. The number of furan rings is 1. The van der Waals surface area contributed by atoms with Crippen LogP contribution in [0.1, 0.15) is 61.6 Å². The second kappa shape index (κ2) is 10.5. The molecule has 1 saturated heterocycles. The number of fused-ring (bicyclic) bond motifs is 1. The van der Waals surface area contributed by atoms with Gasteiger partial charge in [0.25, 0.3) is 11.7 Å². The van der Waals surface area contributed by atoms with Gasteiger partial charge in [0, 0.05) is 12.0 Å². The highest BCUT2D eigenvalue weighted by atomic mass is 16.5. The lowest BCUT2D eigenvalue weighted by Crippen LogP contribution is -2.29. The first-order valence-electron chi connectivity index (χ1n) is 12.8. The van der Waals surface area contributed by atoms with Crippen LogP contribution in [0.3, 0.4) is 0 Å². The van der Waals surface area contributed by atoms with Gasteiger partial charge < -0.3 is 23.9 Å². The molecule has 2 atom stereocenters. The van der Waals surface area contributed by atoms with E-state index in [0.717, 1.165) is 30.6 Å². The highest BCUT2D eigenvalue weighted by Gasteiger charge is 2.46. The van der Waals surface area contributed by atoms with Crippen molar-refractivity contribution >= 4 is 17.4 Å². The van der Waals surface area contributed by atoms with Crippen LogP contribution in [0.5, 0.6) is 11.5 Å². The minimum atomic E-state index is -0.798. The van der Waals surface area contributed by atoms with E-state index >= 15 is 0 Å². The third kappa shape index (κ3) is 4.99. The summed E-state index contributed by atoms with van der Waals surface area (Å²) in [7, 11) is 0. The van der Waals surface area contributed by atoms with Gasteiger partial charge in [0.1, 0.15) is 29.1 Å². The molecular weight excluding hydrogens is 470 g/mol. The van der Waals surface area contributed by atoms with Gasteiger partial charge in [-0.3, -0.25) is 9.59 Å². The predicted octanol–water partition coefficient (Wildman–Crippen LogP) is 5.79. The zero-order chi connectivity index (χ0) is 25.9. The lowest BCUT2D eigenvalue weighted by Gasteiger charge is -2.25. The van der Waals surface area contributed by atoms with Crippen molar-refractivity contribution in [3.05, 3.63) is 88.9 Å². The largest absolute Gasteiger partial charge is 0.507 e. The van der Waals surface area contributed by atoms with E-state index in [-0.39, 0.29) is 24.0 Å². The number of Topliss-reactive ketones (excluding diaryl/α,β-unsaturated/α-hetero) is 1. The molecule has 0 aliphatic carbocycles. The number of unbranched alkanes of at least 4 members (excludes halogenated alkanes) is 2. The van der Waals surface area contributed by atoms with Crippen LogP contribution >= 0.6 is 0 Å². The van der Waals surface area contributed by atoms with E-state index in [1.807, 2.05) is 37.3 Å². The number of aliphatic hydroxyl groups is 1. The maximum Gasteiger partial charge on any atom is 0.296 e. The maximum atomic E-state index is 13.4. The first-order chi connectivity index (χ1) is 18.0. The van der Waals surface area contributed by atoms with Crippen LogP contribution in [-0.4, -0.2) is 34.4 Å². The minimum absolute atomic E-state index is 0.0475. The summed E-state index contributed by atoms with van der Waals surface area (Å²) < 4.78 is 17.2. The second-order valence-corrected chi connectivity index (χ2v) is 9.59. The molecule has 0 saturated carbocycles. The van der Waals surface area contributed by atoms with E-state index < -0.39 is 17.7 Å². The highest BCUT2D eigenvalue weighted by molar-refractivity contribution is 6.46. The molecular formula is C30H31NO6. The number of nitrogens with zero attached hydrogens (tertiary/aromatic N) is 1. The van der Waals surface area contributed by atoms with Crippen LogP contribution in [0, 0.1) is 0 Å². The van der Waals surface area contributed by atoms with Gasteiger partial charge in [-0.05, 0) is 66.9 Å². The maximum absolute atomic E-state index is 13.4. The third-order valence-electron chi connectivity index (χ3n) is 6.81. The molecule has 1 amide bonds. The van der Waals surface area contributed by atoms with Gasteiger partial charge in [-0.15, -0.1) is 0 Å². The summed E-state index contributed by atoms with van der Waals surface area (Å²) in [6, 6.07) is 15.4. The first kappa shape index (κ1) is 24.7.